The summed E-state index contributed by atoms with van der Waals surface area (Å²) < 4.78 is 10.8. The summed E-state index contributed by atoms with van der Waals surface area (Å²) in [6.07, 6.45) is 5.41. The summed E-state index contributed by atoms with van der Waals surface area (Å²) in [5, 5.41) is 9.65. The van der Waals surface area contributed by atoms with Crippen LogP contribution in [-0.4, -0.2) is 75.8 Å². The molecule has 29 heavy (non-hydrogen) atoms. The van der Waals surface area contributed by atoms with Gasteiger partial charge in [0.1, 0.15) is 5.76 Å². The van der Waals surface area contributed by atoms with E-state index in [1.807, 2.05) is 19.1 Å². The molecule has 0 saturated carbocycles. The van der Waals surface area contributed by atoms with Gasteiger partial charge in [-0.3, -0.25) is 14.7 Å². The number of hydrogen-bond acceptors (Lipinski definition) is 5. The predicted molar refractivity (Wildman–Crippen MR) is 126 cm³/mol. The van der Waals surface area contributed by atoms with Crippen LogP contribution in [0.3, 0.4) is 0 Å². The van der Waals surface area contributed by atoms with E-state index in [2.05, 4.69) is 20.9 Å². The second-order valence-corrected chi connectivity index (χ2v) is 6.90. The van der Waals surface area contributed by atoms with Gasteiger partial charge in [-0.1, -0.05) is 0 Å². The van der Waals surface area contributed by atoms with E-state index in [0.717, 1.165) is 76.8 Å². The van der Waals surface area contributed by atoms with Crippen molar-refractivity contribution in [3.8, 4) is 0 Å². The molecule has 1 amide bonds. The van der Waals surface area contributed by atoms with Gasteiger partial charge >= 0.3 is 0 Å². The molecule has 0 bridgehead atoms. The summed E-state index contributed by atoms with van der Waals surface area (Å²) in [5.74, 6) is 1.88. The number of guanidine groups is 1. The maximum Gasteiger partial charge on any atom is 0.233 e. The zero-order valence-corrected chi connectivity index (χ0v) is 19.9. The van der Waals surface area contributed by atoms with Gasteiger partial charge < -0.3 is 25.1 Å². The molecular weight excluding hydrogens is 485 g/mol. The fourth-order valence-electron chi connectivity index (χ4n) is 3.12. The number of furan rings is 1. The van der Waals surface area contributed by atoms with Gasteiger partial charge in [-0.05, 0) is 38.3 Å². The van der Waals surface area contributed by atoms with Crippen LogP contribution in [0.4, 0.5) is 0 Å². The third-order valence-electron chi connectivity index (χ3n) is 4.74. The Kier molecular flexibility index (Phi) is 13.7. The second-order valence-electron chi connectivity index (χ2n) is 6.90. The van der Waals surface area contributed by atoms with Crippen LogP contribution < -0.4 is 16.0 Å². The Balaban J connectivity index is 0.00000420. The van der Waals surface area contributed by atoms with Crippen LogP contribution in [0.1, 0.15) is 31.9 Å². The van der Waals surface area contributed by atoms with Gasteiger partial charge in [0.05, 0.1) is 12.8 Å². The molecule has 2 heterocycles. The lowest BCUT2D eigenvalue weighted by atomic mass is 10.1. The Morgan fingerprint density at radius 2 is 2.17 bits per heavy atom. The van der Waals surface area contributed by atoms with E-state index in [9.17, 15) is 4.79 Å². The largest absolute Gasteiger partial charge is 0.469 e. The third kappa shape index (κ3) is 10.9. The highest BCUT2D eigenvalue weighted by molar-refractivity contribution is 14.0. The number of hydrogen-bond donors (Lipinski definition) is 3. The number of nitrogens with one attached hydrogen (secondary N) is 3. The number of amides is 1. The number of carbonyl (C=O) groups excluding carboxylic acids is 1. The smallest absolute Gasteiger partial charge is 0.233 e. The maximum atomic E-state index is 11.5. The lowest BCUT2D eigenvalue weighted by Crippen LogP contribution is -2.50. The van der Waals surface area contributed by atoms with Crippen molar-refractivity contribution < 1.29 is 13.9 Å². The average Bonchev–Trinajstić information content (AvgIpc) is 3.22. The molecule has 0 atom stereocenters. The zero-order valence-electron chi connectivity index (χ0n) is 17.6. The molecule has 1 fully saturated rings. The van der Waals surface area contributed by atoms with Gasteiger partial charge in [-0.15, -0.1) is 24.0 Å². The molecule has 166 valence electrons. The molecule has 0 aliphatic carbocycles. The lowest BCUT2D eigenvalue weighted by molar-refractivity contribution is -0.122. The normalized spacial score (nSPS) is 15.6. The van der Waals surface area contributed by atoms with Crippen molar-refractivity contribution in [1.29, 1.82) is 0 Å². The monoisotopic (exact) mass is 521 g/mol. The van der Waals surface area contributed by atoms with Gasteiger partial charge in [0.15, 0.2) is 5.96 Å². The summed E-state index contributed by atoms with van der Waals surface area (Å²) in [4.78, 5) is 18.4. The number of rotatable bonds is 11. The second kappa shape index (κ2) is 15.5. The van der Waals surface area contributed by atoms with E-state index in [0.29, 0.717) is 12.6 Å². The van der Waals surface area contributed by atoms with E-state index in [4.69, 9.17) is 14.1 Å². The van der Waals surface area contributed by atoms with Crippen LogP contribution in [0.15, 0.2) is 27.8 Å². The number of aliphatic imine (C=N–C) groups is 1. The first-order valence-electron chi connectivity index (χ1n) is 10.3. The van der Waals surface area contributed by atoms with E-state index >= 15 is 0 Å². The predicted octanol–water partition coefficient (Wildman–Crippen LogP) is 1.61. The Hall–Kier alpha value is -1.33. The van der Waals surface area contributed by atoms with Crippen LogP contribution in [-0.2, 0) is 16.0 Å². The molecule has 1 aliphatic rings. The molecule has 0 radical (unpaired) electrons. The number of ether oxygens (including phenoxy) is 1. The Morgan fingerprint density at radius 3 is 2.83 bits per heavy atom. The van der Waals surface area contributed by atoms with Crippen molar-refractivity contribution >= 4 is 35.8 Å². The standard InChI is InChI=1S/C20H35N5O3.HI/c1-3-27-14-5-10-22-20(23-11-7-18-6-4-15-28-18)24-17-8-12-25(13-9-17)16-19(26)21-2;/h4,6,15,17H,3,5,7-14,16H2,1-2H3,(H,21,26)(H2,22,23,24);1H. The van der Waals surface area contributed by atoms with Crippen LogP contribution in [0.25, 0.3) is 0 Å². The van der Waals surface area contributed by atoms with Gasteiger partial charge in [0.2, 0.25) is 5.91 Å². The van der Waals surface area contributed by atoms with Crippen molar-refractivity contribution in [2.75, 3.05) is 53.0 Å². The first-order chi connectivity index (χ1) is 13.7. The minimum Gasteiger partial charge on any atom is -0.469 e. The average molecular weight is 521 g/mol. The minimum absolute atomic E-state index is 0. The van der Waals surface area contributed by atoms with Crippen molar-refractivity contribution in [3.05, 3.63) is 24.2 Å². The molecule has 1 aromatic rings. The number of carbonyl (C=O) groups is 1. The lowest BCUT2D eigenvalue weighted by Gasteiger charge is -2.32. The fourth-order valence-corrected chi connectivity index (χ4v) is 3.12. The highest BCUT2D eigenvalue weighted by atomic mass is 127. The Morgan fingerprint density at radius 1 is 1.38 bits per heavy atom. The van der Waals surface area contributed by atoms with Crippen LogP contribution in [0, 0.1) is 0 Å². The molecule has 0 unspecified atom stereocenters. The highest BCUT2D eigenvalue weighted by Crippen LogP contribution is 2.10. The van der Waals surface area contributed by atoms with Crippen molar-refractivity contribution in [2.24, 2.45) is 4.99 Å². The first kappa shape index (κ1) is 25.7. The van der Waals surface area contributed by atoms with E-state index in [-0.39, 0.29) is 29.9 Å². The molecule has 0 spiro atoms. The topological polar surface area (TPSA) is 91.1 Å². The highest BCUT2D eigenvalue weighted by Gasteiger charge is 2.21. The van der Waals surface area contributed by atoms with Crippen molar-refractivity contribution in [1.82, 2.24) is 20.9 Å². The molecular formula is C20H36IN5O3. The van der Waals surface area contributed by atoms with E-state index in [1.54, 1.807) is 13.3 Å². The van der Waals surface area contributed by atoms with Gasteiger partial charge in [0, 0.05) is 58.9 Å². The minimum atomic E-state index is 0. The molecule has 0 aromatic carbocycles. The number of piperidine rings is 1. The van der Waals surface area contributed by atoms with E-state index in [1.165, 1.54) is 0 Å². The quantitative estimate of drug-likeness (QED) is 0.178. The molecule has 1 aliphatic heterocycles. The van der Waals surface area contributed by atoms with Crippen molar-refractivity contribution in [3.63, 3.8) is 0 Å². The molecule has 1 aromatic heterocycles. The number of likely N-dealkylation sites (tertiary alicyclic amines) is 1. The van der Waals surface area contributed by atoms with Gasteiger partial charge in [-0.2, -0.15) is 0 Å². The number of halogens is 1. The van der Waals surface area contributed by atoms with Crippen LogP contribution >= 0.6 is 24.0 Å². The number of likely N-dealkylation sites (N-methyl/N-ethyl adjacent to an activating group) is 1. The molecule has 2 rings (SSSR count). The first-order valence-corrected chi connectivity index (χ1v) is 10.3. The van der Waals surface area contributed by atoms with E-state index < -0.39 is 0 Å². The molecule has 8 nitrogen and oxygen atoms in total. The Bertz CT molecular complexity index is 575. The van der Waals surface area contributed by atoms with Crippen molar-refractivity contribution in [2.45, 2.75) is 38.6 Å². The SMILES string of the molecule is CCOCCCN=C(NCCc1ccco1)NC1CCN(CC(=O)NC)CC1.I. The number of nitrogens with zero attached hydrogens (tertiary/aromatic N) is 2. The summed E-state index contributed by atoms with van der Waals surface area (Å²) in [7, 11) is 1.68. The fraction of sp³-hybridized carbons (Fsp3) is 0.700. The Labute approximate surface area is 191 Å². The zero-order chi connectivity index (χ0) is 20.0. The summed E-state index contributed by atoms with van der Waals surface area (Å²) in [6.45, 7) is 7.27. The van der Waals surface area contributed by atoms with Crippen LogP contribution in [0.2, 0.25) is 0 Å². The third-order valence-corrected chi connectivity index (χ3v) is 4.74. The maximum absolute atomic E-state index is 11.5. The van der Waals surface area contributed by atoms with Gasteiger partial charge in [-0.25, -0.2) is 0 Å². The molecule has 3 N–H and O–H groups in total. The van der Waals surface area contributed by atoms with Gasteiger partial charge in [0.25, 0.3) is 0 Å². The summed E-state index contributed by atoms with van der Waals surface area (Å²) in [6, 6.07) is 4.25. The molecule has 9 heteroatoms. The summed E-state index contributed by atoms with van der Waals surface area (Å²) >= 11 is 0. The summed E-state index contributed by atoms with van der Waals surface area (Å²) in [5.41, 5.74) is 0. The molecule has 1 saturated heterocycles. The van der Waals surface area contributed by atoms with Crippen LogP contribution in [0.5, 0.6) is 0 Å².